The molecule has 0 saturated heterocycles. The second kappa shape index (κ2) is 16.4. The molecule has 1 unspecified atom stereocenters. The van der Waals surface area contributed by atoms with Gasteiger partial charge in [-0.25, -0.2) is 8.42 Å². The van der Waals surface area contributed by atoms with Gasteiger partial charge in [0, 0.05) is 28.4 Å². The van der Waals surface area contributed by atoms with Crippen molar-refractivity contribution in [2.24, 2.45) is 0 Å². The Hall–Kier alpha value is -3.99. The van der Waals surface area contributed by atoms with Crippen LogP contribution in [-0.2, 0) is 32.6 Å². The van der Waals surface area contributed by atoms with E-state index < -0.39 is 34.1 Å². The molecule has 254 valence electrons. The average molecular weight is 708 g/mol. The fourth-order valence-electron chi connectivity index (χ4n) is 5.15. The summed E-state index contributed by atoms with van der Waals surface area (Å²) in [5.74, 6) is -0.653. The lowest BCUT2D eigenvalue weighted by molar-refractivity contribution is -0.140. The van der Waals surface area contributed by atoms with E-state index in [9.17, 15) is 18.0 Å². The van der Waals surface area contributed by atoms with Crippen LogP contribution < -0.4 is 14.4 Å². The van der Waals surface area contributed by atoms with Crippen molar-refractivity contribution in [3.05, 3.63) is 119 Å². The van der Waals surface area contributed by atoms with E-state index in [0.29, 0.717) is 16.3 Å². The highest BCUT2D eigenvalue weighted by Gasteiger charge is 2.36. The highest BCUT2D eigenvalue weighted by molar-refractivity contribution is 7.98. The molecule has 0 spiro atoms. The second-order valence-corrected chi connectivity index (χ2v) is 15.3. The molecule has 0 aliphatic heterocycles. The van der Waals surface area contributed by atoms with Crippen molar-refractivity contribution in [1.29, 1.82) is 0 Å². The van der Waals surface area contributed by atoms with Crippen LogP contribution in [0.4, 0.5) is 5.69 Å². The van der Waals surface area contributed by atoms with Gasteiger partial charge in [-0.15, -0.1) is 11.8 Å². The first-order chi connectivity index (χ1) is 22.8. The third kappa shape index (κ3) is 9.55. The Bertz CT molecular complexity index is 1800. The summed E-state index contributed by atoms with van der Waals surface area (Å²) in [5, 5.41) is 3.45. The van der Waals surface area contributed by atoms with Crippen LogP contribution in [0.5, 0.6) is 5.75 Å². The molecular weight excluding hydrogens is 666 g/mol. The number of anilines is 1. The minimum atomic E-state index is -4.29. The quantitative estimate of drug-likeness (QED) is 0.139. The number of ether oxygens (including phenoxy) is 1. The summed E-state index contributed by atoms with van der Waals surface area (Å²) < 4.78 is 35.8. The predicted octanol–water partition coefficient (Wildman–Crippen LogP) is 7.21. The molecule has 0 aliphatic carbocycles. The normalized spacial score (nSPS) is 12.2. The van der Waals surface area contributed by atoms with Gasteiger partial charge in [0.1, 0.15) is 18.3 Å². The molecule has 8 nitrogen and oxygen atoms in total. The number of thioether (sulfide) groups is 1. The molecule has 48 heavy (non-hydrogen) atoms. The molecule has 1 N–H and O–H groups in total. The Kier molecular flexibility index (Phi) is 12.6. The van der Waals surface area contributed by atoms with E-state index in [1.165, 1.54) is 28.8 Å². The molecule has 0 aromatic heterocycles. The molecule has 0 bridgehead atoms. The third-order valence-electron chi connectivity index (χ3n) is 7.43. The third-order valence-corrected chi connectivity index (χ3v) is 10.3. The van der Waals surface area contributed by atoms with Crippen molar-refractivity contribution in [1.82, 2.24) is 10.2 Å². The summed E-state index contributed by atoms with van der Waals surface area (Å²) >= 11 is 8.09. The monoisotopic (exact) mass is 707 g/mol. The first kappa shape index (κ1) is 36.8. The molecule has 4 aromatic carbocycles. The highest BCUT2D eigenvalue weighted by Crippen LogP contribution is 2.33. The number of sulfonamides is 1. The fourth-order valence-corrected chi connectivity index (χ4v) is 7.17. The molecule has 4 aromatic rings. The van der Waals surface area contributed by atoms with Crippen LogP contribution in [0, 0.1) is 0 Å². The number of nitrogens with one attached hydrogen (secondary N) is 1. The summed E-state index contributed by atoms with van der Waals surface area (Å²) in [5.41, 5.74) is 1.06. The zero-order valence-electron chi connectivity index (χ0n) is 27.9. The largest absolute Gasteiger partial charge is 0.492 e. The summed E-state index contributed by atoms with van der Waals surface area (Å²) in [6.45, 7) is 7.05. The highest BCUT2D eigenvalue weighted by atomic mass is 35.5. The van der Waals surface area contributed by atoms with Crippen LogP contribution in [0.2, 0.25) is 5.02 Å². The van der Waals surface area contributed by atoms with Crippen molar-refractivity contribution in [2.45, 2.75) is 62.0 Å². The number of nitrogens with zero attached hydrogens (tertiary/aromatic N) is 2. The smallest absolute Gasteiger partial charge is 0.264 e. The molecule has 0 radical (unpaired) electrons. The first-order valence-electron chi connectivity index (χ1n) is 15.6. The first-order valence-corrected chi connectivity index (χ1v) is 18.7. The van der Waals surface area contributed by atoms with Gasteiger partial charge < -0.3 is 15.0 Å². The molecular formula is C37H42ClN3O5S2. The van der Waals surface area contributed by atoms with Crippen LogP contribution >= 0.6 is 23.4 Å². The van der Waals surface area contributed by atoms with E-state index in [4.69, 9.17) is 16.3 Å². The molecule has 0 aliphatic rings. The van der Waals surface area contributed by atoms with E-state index in [0.717, 1.165) is 14.8 Å². The lowest BCUT2D eigenvalue weighted by Gasteiger charge is -2.35. The summed E-state index contributed by atoms with van der Waals surface area (Å²) in [7, 11) is -4.29. The van der Waals surface area contributed by atoms with Crippen molar-refractivity contribution in [2.75, 3.05) is 23.7 Å². The molecule has 0 heterocycles. The summed E-state index contributed by atoms with van der Waals surface area (Å²) in [4.78, 5) is 31.2. The van der Waals surface area contributed by atoms with Crippen LogP contribution in [0.15, 0.2) is 113 Å². The molecule has 2 amide bonds. The number of benzene rings is 4. The van der Waals surface area contributed by atoms with E-state index >= 15 is 0 Å². The maximum absolute atomic E-state index is 14.7. The van der Waals surface area contributed by atoms with E-state index in [1.54, 1.807) is 67.6 Å². The van der Waals surface area contributed by atoms with Gasteiger partial charge >= 0.3 is 0 Å². The van der Waals surface area contributed by atoms with Crippen LogP contribution in [0.3, 0.4) is 0 Å². The number of rotatable bonds is 14. The number of carbonyl (C=O) groups excluding carboxylic acids is 2. The van der Waals surface area contributed by atoms with Gasteiger partial charge in [-0.1, -0.05) is 72.3 Å². The number of amides is 2. The minimum Gasteiger partial charge on any atom is -0.492 e. The summed E-state index contributed by atoms with van der Waals surface area (Å²) in [6, 6.07) is 28.7. The van der Waals surface area contributed by atoms with E-state index in [2.05, 4.69) is 5.32 Å². The van der Waals surface area contributed by atoms with Gasteiger partial charge in [-0.05, 0) is 87.5 Å². The van der Waals surface area contributed by atoms with Gasteiger partial charge in [-0.3, -0.25) is 13.9 Å². The zero-order chi connectivity index (χ0) is 34.9. The Morgan fingerprint density at radius 2 is 1.52 bits per heavy atom. The number of hydrogen-bond donors (Lipinski definition) is 1. The van der Waals surface area contributed by atoms with Crippen molar-refractivity contribution < 1.29 is 22.7 Å². The van der Waals surface area contributed by atoms with Crippen LogP contribution in [0.25, 0.3) is 0 Å². The fraction of sp³-hybridized carbons (Fsp3) is 0.297. The van der Waals surface area contributed by atoms with Gasteiger partial charge in [0.25, 0.3) is 10.0 Å². The van der Waals surface area contributed by atoms with Gasteiger partial charge in [0.2, 0.25) is 11.8 Å². The number of carbonyl (C=O) groups is 2. The van der Waals surface area contributed by atoms with Gasteiger partial charge in [0.05, 0.1) is 17.2 Å². The molecule has 0 fully saturated rings. The molecule has 1 atom stereocenters. The Morgan fingerprint density at radius 1 is 0.896 bits per heavy atom. The number of hydrogen-bond acceptors (Lipinski definition) is 6. The SMILES string of the molecule is CCOc1ccccc1N(CC(=O)N(Cc1ccccc1Cl)C(Cc1ccccc1)C(=O)NC(C)(C)C)S(=O)(=O)c1ccc(SC)cc1. The maximum Gasteiger partial charge on any atom is 0.264 e. The molecule has 11 heteroatoms. The van der Waals surface area contributed by atoms with Crippen molar-refractivity contribution in [3.8, 4) is 5.75 Å². The molecule has 4 rings (SSSR count). The maximum atomic E-state index is 14.7. The number of para-hydroxylation sites is 2. The standard InChI is InChI=1S/C37H42ClN3O5S2/c1-6-46-34-19-13-12-18-32(34)41(48(44,45)30-22-20-29(47-5)21-23-30)26-35(42)40(25-28-16-10-11-17-31(28)38)33(36(43)39-37(2,3)4)24-27-14-8-7-9-15-27/h7-23,33H,6,24-26H2,1-5H3,(H,39,43). The van der Waals surface area contributed by atoms with Crippen LogP contribution in [-0.4, -0.2) is 56.1 Å². The Labute approximate surface area is 293 Å². The van der Waals surface area contributed by atoms with Crippen molar-refractivity contribution >= 4 is 50.9 Å². The summed E-state index contributed by atoms with van der Waals surface area (Å²) in [6.07, 6.45) is 2.10. The number of halogens is 1. The van der Waals surface area contributed by atoms with Gasteiger partial charge in [-0.2, -0.15) is 0 Å². The lowest BCUT2D eigenvalue weighted by Crippen LogP contribution is -2.56. The lowest BCUT2D eigenvalue weighted by atomic mass is 10.0. The second-order valence-electron chi connectivity index (χ2n) is 12.1. The zero-order valence-corrected chi connectivity index (χ0v) is 30.2. The van der Waals surface area contributed by atoms with Crippen LogP contribution in [0.1, 0.15) is 38.8 Å². The predicted molar refractivity (Wildman–Crippen MR) is 194 cm³/mol. The Balaban J connectivity index is 1.86. The Morgan fingerprint density at radius 3 is 2.15 bits per heavy atom. The van der Waals surface area contributed by atoms with Gasteiger partial charge in [0.15, 0.2) is 0 Å². The molecule has 0 saturated carbocycles. The topological polar surface area (TPSA) is 96.0 Å². The van der Waals surface area contributed by atoms with E-state index in [-0.39, 0.29) is 36.1 Å². The average Bonchev–Trinajstić information content (AvgIpc) is 3.06. The minimum absolute atomic E-state index is 0.0170. The van der Waals surface area contributed by atoms with Crippen molar-refractivity contribution in [3.63, 3.8) is 0 Å². The van der Waals surface area contributed by atoms with E-state index in [1.807, 2.05) is 57.4 Å².